The van der Waals surface area contributed by atoms with Crippen molar-refractivity contribution in [2.24, 2.45) is 0 Å². The van der Waals surface area contributed by atoms with Gasteiger partial charge in [-0.25, -0.2) is 0 Å². The first-order chi connectivity index (χ1) is 13.3. The van der Waals surface area contributed by atoms with E-state index in [1.807, 2.05) is 36.4 Å². The van der Waals surface area contributed by atoms with Crippen LogP contribution in [0.3, 0.4) is 0 Å². The molecule has 0 fully saturated rings. The van der Waals surface area contributed by atoms with E-state index < -0.39 is 16.6 Å². The molecule has 0 saturated heterocycles. The van der Waals surface area contributed by atoms with Gasteiger partial charge in [0.1, 0.15) is 0 Å². The number of benzene rings is 2. The van der Waals surface area contributed by atoms with Crippen LogP contribution in [0.2, 0.25) is 0 Å². The molecule has 2 aromatic carbocycles. The quantitative estimate of drug-likeness (QED) is 0.325. The average Bonchev–Trinajstić information content (AvgIpc) is 2.72. The molecule has 0 N–H and O–H groups in total. The second-order valence-electron chi connectivity index (χ2n) is 7.27. The van der Waals surface area contributed by atoms with Gasteiger partial charge in [-0.2, -0.15) is 0 Å². The standard InChI is InChI=1S/C12H24O2.2C6H5.Ga/c1-2-3-4-5-6-7-8-9-10-11-12(13)14;2*1-2-4-6-5-3-1;/h2-11H2,1H3,(H,13,14);2*1-5H;/q;;;+1/p-1. The fourth-order valence-corrected chi connectivity index (χ4v) is 7.93. The van der Waals surface area contributed by atoms with Crippen LogP contribution in [0.1, 0.15) is 71.1 Å². The van der Waals surface area contributed by atoms with Crippen molar-refractivity contribution in [2.75, 3.05) is 0 Å². The summed E-state index contributed by atoms with van der Waals surface area (Å²) >= 11 is -2.51. The maximum atomic E-state index is 12.4. The molecule has 0 saturated carbocycles. The number of rotatable bonds is 13. The molecule has 0 aliphatic rings. The van der Waals surface area contributed by atoms with Crippen molar-refractivity contribution in [3.8, 4) is 0 Å². The van der Waals surface area contributed by atoms with Gasteiger partial charge in [0, 0.05) is 0 Å². The van der Waals surface area contributed by atoms with Crippen molar-refractivity contribution in [2.45, 2.75) is 71.1 Å². The molecule has 0 aliphatic carbocycles. The third-order valence-electron chi connectivity index (χ3n) is 4.94. The third-order valence-corrected chi connectivity index (χ3v) is 10.1. The Morgan fingerprint density at radius 2 is 1.15 bits per heavy atom. The topological polar surface area (TPSA) is 26.3 Å². The van der Waals surface area contributed by atoms with Crippen molar-refractivity contribution in [1.29, 1.82) is 0 Å². The van der Waals surface area contributed by atoms with Crippen molar-refractivity contribution < 1.29 is 8.32 Å². The summed E-state index contributed by atoms with van der Waals surface area (Å²) in [5, 5.41) is 0. The first-order valence-corrected chi connectivity index (χ1v) is 14.0. The van der Waals surface area contributed by atoms with E-state index in [1.54, 1.807) is 0 Å². The summed E-state index contributed by atoms with van der Waals surface area (Å²) in [5.41, 5.74) is 0. The Morgan fingerprint density at radius 3 is 1.63 bits per heavy atom. The van der Waals surface area contributed by atoms with Crippen LogP contribution < -0.4 is 8.24 Å². The molecule has 0 amide bonds. The van der Waals surface area contributed by atoms with Crippen LogP contribution in [-0.2, 0) is 8.32 Å². The van der Waals surface area contributed by atoms with Crippen LogP contribution in [0.25, 0.3) is 0 Å². The van der Waals surface area contributed by atoms with Gasteiger partial charge < -0.3 is 0 Å². The monoisotopic (exact) mass is 422 g/mol. The van der Waals surface area contributed by atoms with Crippen LogP contribution in [0.5, 0.6) is 0 Å². The number of carbonyl (C=O) groups is 1. The van der Waals surface area contributed by atoms with Gasteiger partial charge in [-0.15, -0.1) is 0 Å². The van der Waals surface area contributed by atoms with Crippen molar-refractivity contribution in [3.05, 3.63) is 60.7 Å². The number of hydrogen-bond donors (Lipinski definition) is 0. The Labute approximate surface area is 170 Å². The summed E-state index contributed by atoms with van der Waals surface area (Å²) in [4.78, 5) is 12.4. The summed E-state index contributed by atoms with van der Waals surface area (Å²) in [6.45, 7) is 2.25. The molecule has 0 spiro atoms. The van der Waals surface area contributed by atoms with E-state index in [4.69, 9.17) is 3.53 Å². The molecular weight excluding hydrogens is 390 g/mol. The minimum atomic E-state index is -2.51. The minimum absolute atomic E-state index is 0.0179. The number of hydrogen-bond acceptors (Lipinski definition) is 2. The zero-order valence-electron chi connectivity index (χ0n) is 16.7. The summed E-state index contributed by atoms with van der Waals surface area (Å²) in [6.07, 6.45) is 11.9. The predicted molar refractivity (Wildman–Crippen MR) is 116 cm³/mol. The van der Waals surface area contributed by atoms with E-state index in [2.05, 4.69) is 31.2 Å². The fraction of sp³-hybridized carbons (Fsp3) is 0.458. The van der Waals surface area contributed by atoms with E-state index in [1.165, 1.54) is 53.2 Å². The second kappa shape index (κ2) is 13.7. The maximum absolute atomic E-state index is 12.4. The Kier molecular flexibility index (Phi) is 11.1. The average molecular weight is 423 g/mol. The molecule has 3 heteroatoms. The SMILES string of the molecule is CCCCCCCCCCCC(=O)[O][Ga]([c]1ccccc1)[c]1ccccc1. The molecule has 144 valence electrons. The van der Waals surface area contributed by atoms with Crippen LogP contribution in [-0.4, -0.2) is 22.6 Å². The molecule has 0 heterocycles. The van der Waals surface area contributed by atoms with E-state index in [-0.39, 0.29) is 5.97 Å². The third kappa shape index (κ3) is 8.85. The summed E-state index contributed by atoms with van der Waals surface area (Å²) < 4.78 is 8.45. The molecule has 2 nitrogen and oxygen atoms in total. The van der Waals surface area contributed by atoms with Crippen LogP contribution in [0, 0.1) is 0 Å². The van der Waals surface area contributed by atoms with Crippen LogP contribution >= 0.6 is 0 Å². The Morgan fingerprint density at radius 1 is 0.704 bits per heavy atom. The zero-order valence-corrected chi connectivity index (χ0v) is 19.2. The fourth-order valence-electron chi connectivity index (χ4n) is 3.35. The first-order valence-electron chi connectivity index (χ1n) is 10.6. The molecule has 27 heavy (non-hydrogen) atoms. The molecule has 0 atom stereocenters. The van der Waals surface area contributed by atoms with Gasteiger partial charge >= 0.3 is 164 Å². The van der Waals surface area contributed by atoms with Crippen LogP contribution in [0.4, 0.5) is 0 Å². The molecular formula is C24H33GaO2. The van der Waals surface area contributed by atoms with Gasteiger partial charge in [0.25, 0.3) is 0 Å². The van der Waals surface area contributed by atoms with Gasteiger partial charge in [-0.1, -0.05) is 6.92 Å². The molecule has 2 aromatic rings. The predicted octanol–water partition coefficient (Wildman–Crippen LogP) is 5.26. The van der Waals surface area contributed by atoms with Crippen LogP contribution in [0.15, 0.2) is 60.7 Å². The first kappa shape index (κ1) is 21.8. The van der Waals surface area contributed by atoms with E-state index in [0.29, 0.717) is 6.42 Å². The van der Waals surface area contributed by atoms with Gasteiger partial charge in [0.2, 0.25) is 0 Å². The Balaban J connectivity index is 1.73. The van der Waals surface area contributed by atoms with Gasteiger partial charge in [0.05, 0.1) is 0 Å². The second-order valence-corrected chi connectivity index (χ2v) is 12.2. The normalized spacial score (nSPS) is 10.6. The summed E-state index contributed by atoms with van der Waals surface area (Å²) in [6, 6.07) is 20.6. The van der Waals surface area contributed by atoms with Crippen molar-refractivity contribution in [1.82, 2.24) is 0 Å². The van der Waals surface area contributed by atoms with Gasteiger partial charge in [-0.3, -0.25) is 0 Å². The van der Waals surface area contributed by atoms with Crippen molar-refractivity contribution >= 4 is 30.8 Å². The van der Waals surface area contributed by atoms with E-state index in [0.717, 1.165) is 12.8 Å². The molecule has 0 bridgehead atoms. The van der Waals surface area contributed by atoms with Crippen molar-refractivity contribution in [3.63, 3.8) is 0 Å². The Hall–Kier alpha value is -1.45. The van der Waals surface area contributed by atoms with Gasteiger partial charge in [0.15, 0.2) is 0 Å². The zero-order chi connectivity index (χ0) is 19.2. The Bertz CT molecular complexity index is 588. The van der Waals surface area contributed by atoms with E-state index in [9.17, 15) is 4.79 Å². The molecule has 0 aromatic heterocycles. The number of unbranched alkanes of at least 4 members (excludes halogenated alkanes) is 8. The summed E-state index contributed by atoms with van der Waals surface area (Å²) in [7, 11) is 0. The molecule has 2 rings (SSSR count). The summed E-state index contributed by atoms with van der Waals surface area (Å²) in [5.74, 6) is -0.0179. The van der Waals surface area contributed by atoms with E-state index >= 15 is 0 Å². The number of carbonyl (C=O) groups excluding carboxylic acids is 1. The molecule has 0 radical (unpaired) electrons. The molecule has 0 unspecified atom stereocenters. The van der Waals surface area contributed by atoms with Gasteiger partial charge in [-0.05, 0) is 0 Å². The molecule has 0 aliphatic heterocycles.